The van der Waals surface area contributed by atoms with Crippen LogP contribution in [0.4, 0.5) is 0 Å². The lowest BCUT2D eigenvalue weighted by Gasteiger charge is -2.36. The number of phenolic OH excluding ortho intramolecular Hbond substituents is 2. The number of Topliss-reactive ketones (excluding diaryl/α,β-unsaturated/α-hetero) is 1. The number of ketones is 3. The molecule has 7 heteroatoms. The van der Waals surface area contributed by atoms with E-state index >= 15 is 0 Å². The van der Waals surface area contributed by atoms with Crippen molar-refractivity contribution in [2.24, 2.45) is 0 Å². The van der Waals surface area contributed by atoms with Crippen LogP contribution >= 0.6 is 0 Å². The standard InChI is InChI=1S/C25H23NO6/c27-18(13-26-10-4-1-5-11-26)25(32)9-8-16-17(12-25)24(31)20-19(23(16)30)21(28)14-6-2-3-7-15(14)22(20)29/h1-4,6-7,30-32H,5,8-13H2. The Morgan fingerprint density at radius 3 is 2.19 bits per heavy atom. The van der Waals surface area contributed by atoms with E-state index in [-0.39, 0.29) is 65.2 Å². The first-order chi connectivity index (χ1) is 15.3. The predicted octanol–water partition coefficient (Wildman–Crippen LogP) is 1.92. The van der Waals surface area contributed by atoms with E-state index in [9.17, 15) is 29.7 Å². The largest absolute Gasteiger partial charge is 0.507 e. The van der Waals surface area contributed by atoms with E-state index in [4.69, 9.17) is 0 Å². The van der Waals surface area contributed by atoms with Crippen LogP contribution in [0.25, 0.3) is 0 Å². The maximum Gasteiger partial charge on any atom is 0.198 e. The monoisotopic (exact) mass is 433 g/mol. The second-order valence-corrected chi connectivity index (χ2v) is 8.73. The van der Waals surface area contributed by atoms with E-state index in [1.807, 2.05) is 17.1 Å². The average Bonchev–Trinajstić information content (AvgIpc) is 2.80. The van der Waals surface area contributed by atoms with Gasteiger partial charge in [0.1, 0.15) is 17.1 Å². The summed E-state index contributed by atoms with van der Waals surface area (Å²) in [4.78, 5) is 41.1. The van der Waals surface area contributed by atoms with Crippen LogP contribution in [0.3, 0.4) is 0 Å². The van der Waals surface area contributed by atoms with Gasteiger partial charge in [0.15, 0.2) is 17.3 Å². The molecule has 0 saturated heterocycles. The fourth-order valence-corrected chi connectivity index (χ4v) is 5.01. The summed E-state index contributed by atoms with van der Waals surface area (Å²) >= 11 is 0. The molecule has 1 unspecified atom stereocenters. The molecule has 0 bridgehead atoms. The molecule has 0 amide bonds. The van der Waals surface area contributed by atoms with Crippen molar-refractivity contribution >= 4 is 17.3 Å². The van der Waals surface area contributed by atoms with Gasteiger partial charge in [-0.2, -0.15) is 0 Å². The summed E-state index contributed by atoms with van der Waals surface area (Å²) < 4.78 is 0. The third-order valence-corrected chi connectivity index (χ3v) is 6.82. The third-order valence-electron chi connectivity index (χ3n) is 6.82. The van der Waals surface area contributed by atoms with Crippen molar-refractivity contribution in [3.8, 4) is 11.5 Å². The van der Waals surface area contributed by atoms with Crippen molar-refractivity contribution in [1.82, 2.24) is 4.90 Å². The summed E-state index contributed by atoms with van der Waals surface area (Å²) in [6.45, 7) is 1.44. The van der Waals surface area contributed by atoms with Gasteiger partial charge in [0.05, 0.1) is 17.7 Å². The smallest absolute Gasteiger partial charge is 0.198 e. The molecule has 1 heterocycles. The number of benzene rings is 2. The first-order valence-corrected chi connectivity index (χ1v) is 10.7. The number of carbonyl (C=O) groups is 3. The Morgan fingerprint density at radius 2 is 1.59 bits per heavy atom. The SMILES string of the molecule is O=C1c2ccccc2C(=O)c2c(O)c3c(c(O)c21)CCC(O)(C(=O)CN1CC=CCC1)C3. The van der Waals surface area contributed by atoms with Crippen molar-refractivity contribution in [2.75, 3.05) is 19.6 Å². The Hall–Kier alpha value is -3.29. The van der Waals surface area contributed by atoms with E-state index in [1.165, 1.54) is 12.1 Å². The number of aromatic hydroxyl groups is 2. The molecule has 1 atom stereocenters. The fourth-order valence-electron chi connectivity index (χ4n) is 5.01. The molecule has 32 heavy (non-hydrogen) atoms. The van der Waals surface area contributed by atoms with Crippen LogP contribution in [0, 0.1) is 0 Å². The molecular weight excluding hydrogens is 410 g/mol. The van der Waals surface area contributed by atoms with Gasteiger partial charge < -0.3 is 15.3 Å². The molecule has 2 aromatic rings. The molecule has 0 aromatic heterocycles. The lowest BCUT2D eigenvalue weighted by Crippen LogP contribution is -2.49. The summed E-state index contributed by atoms with van der Waals surface area (Å²) in [5, 5.41) is 33.1. The Bertz CT molecular complexity index is 1210. The van der Waals surface area contributed by atoms with Crippen molar-refractivity contribution < 1.29 is 29.7 Å². The van der Waals surface area contributed by atoms with E-state index in [0.29, 0.717) is 12.1 Å². The van der Waals surface area contributed by atoms with Crippen LogP contribution in [-0.4, -0.2) is 62.8 Å². The lowest BCUT2D eigenvalue weighted by molar-refractivity contribution is -0.139. The number of phenols is 2. The quantitative estimate of drug-likeness (QED) is 0.427. The minimum Gasteiger partial charge on any atom is -0.507 e. The van der Waals surface area contributed by atoms with Gasteiger partial charge in [0, 0.05) is 41.8 Å². The van der Waals surface area contributed by atoms with Crippen LogP contribution in [0.1, 0.15) is 55.8 Å². The number of carbonyl (C=O) groups excluding carboxylic acids is 3. The van der Waals surface area contributed by atoms with Crippen molar-refractivity contribution in [1.29, 1.82) is 0 Å². The highest BCUT2D eigenvalue weighted by Crippen LogP contribution is 2.47. The summed E-state index contributed by atoms with van der Waals surface area (Å²) in [5.41, 5.74) is -1.39. The highest BCUT2D eigenvalue weighted by atomic mass is 16.3. The van der Waals surface area contributed by atoms with Gasteiger partial charge >= 0.3 is 0 Å². The second-order valence-electron chi connectivity index (χ2n) is 8.73. The highest BCUT2D eigenvalue weighted by Gasteiger charge is 2.45. The Balaban J connectivity index is 1.54. The summed E-state index contributed by atoms with van der Waals surface area (Å²) in [7, 11) is 0. The molecule has 7 nitrogen and oxygen atoms in total. The minimum atomic E-state index is -1.72. The molecule has 2 aromatic carbocycles. The molecule has 0 radical (unpaired) electrons. The Labute approximate surface area is 184 Å². The van der Waals surface area contributed by atoms with E-state index < -0.39 is 22.9 Å². The van der Waals surface area contributed by atoms with Crippen LogP contribution in [-0.2, 0) is 17.6 Å². The molecule has 5 rings (SSSR count). The maximum atomic E-state index is 13.1. The minimum absolute atomic E-state index is 0.0625. The van der Waals surface area contributed by atoms with Gasteiger partial charge in [-0.1, -0.05) is 36.4 Å². The molecule has 0 spiro atoms. The Morgan fingerprint density at radius 1 is 0.969 bits per heavy atom. The normalized spacial score (nSPS) is 22.3. The number of nitrogens with zero attached hydrogens (tertiary/aromatic N) is 1. The van der Waals surface area contributed by atoms with Gasteiger partial charge in [-0.05, 0) is 19.3 Å². The van der Waals surface area contributed by atoms with Crippen LogP contribution in [0.5, 0.6) is 11.5 Å². The zero-order valence-electron chi connectivity index (χ0n) is 17.4. The molecule has 1 aliphatic heterocycles. The van der Waals surface area contributed by atoms with Gasteiger partial charge in [-0.3, -0.25) is 19.3 Å². The van der Waals surface area contributed by atoms with Crippen LogP contribution in [0.15, 0.2) is 36.4 Å². The topological polar surface area (TPSA) is 115 Å². The Kier molecular flexibility index (Phi) is 4.76. The fraction of sp³-hybridized carbons (Fsp3) is 0.320. The zero-order valence-corrected chi connectivity index (χ0v) is 17.4. The molecule has 2 aliphatic carbocycles. The van der Waals surface area contributed by atoms with E-state index in [2.05, 4.69) is 0 Å². The van der Waals surface area contributed by atoms with Gasteiger partial charge in [-0.15, -0.1) is 0 Å². The van der Waals surface area contributed by atoms with Crippen LogP contribution < -0.4 is 0 Å². The summed E-state index contributed by atoms with van der Waals surface area (Å²) in [6.07, 6.45) is 4.81. The molecule has 164 valence electrons. The number of hydrogen-bond donors (Lipinski definition) is 3. The van der Waals surface area contributed by atoms with Crippen molar-refractivity contribution in [3.05, 3.63) is 69.8 Å². The molecule has 3 aliphatic rings. The molecular formula is C25H23NO6. The first-order valence-electron chi connectivity index (χ1n) is 10.7. The predicted molar refractivity (Wildman–Crippen MR) is 115 cm³/mol. The third kappa shape index (κ3) is 3.00. The number of hydrogen-bond acceptors (Lipinski definition) is 7. The second kappa shape index (κ2) is 7.39. The highest BCUT2D eigenvalue weighted by molar-refractivity contribution is 6.30. The van der Waals surface area contributed by atoms with E-state index in [0.717, 1.165) is 13.0 Å². The van der Waals surface area contributed by atoms with Gasteiger partial charge in [0.2, 0.25) is 0 Å². The first kappa shape index (κ1) is 20.6. The van der Waals surface area contributed by atoms with Crippen molar-refractivity contribution in [2.45, 2.75) is 31.3 Å². The number of rotatable bonds is 3. The zero-order chi connectivity index (χ0) is 22.6. The molecule has 3 N–H and O–H groups in total. The van der Waals surface area contributed by atoms with E-state index in [1.54, 1.807) is 12.1 Å². The van der Waals surface area contributed by atoms with Gasteiger partial charge in [0.25, 0.3) is 0 Å². The number of fused-ring (bicyclic) bond motifs is 3. The van der Waals surface area contributed by atoms with Crippen LogP contribution in [0.2, 0.25) is 0 Å². The molecule has 0 saturated carbocycles. The maximum absolute atomic E-state index is 13.1. The number of aliphatic hydroxyl groups is 1. The summed E-state index contributed by atoms with van der Waals surface area (Å²) in [5.74, 6) is -2.24. The van der Waals surface area contributed by atoms with Crippen molar-refractivity contribution in [3.63, 3.8) is 0 Å². The lowest BCUT2D eigenvalue weighted by atomic mass is 9.73. The average molecular weight is 433 g/mol. The van der Waals surface area contributed by atoms with Gasteiger partial charge in [-0.25, -0.2) is 0 Å². The summed E-state index contributed by atoms with van der Waals surface area (Å²) in [6, 6.07) is 6.27. The molecule has 0 fully saturated rings.